The lowest BCUT2D eigenvalue weighted by molar-refractivity contribution is 0.181. The van der Waals surface area contributed by atoms with E-state index >= 15 is 0 Å². The van der Waals surface area contributed by atoms with Crippen molar-refractivity contribution in [2.24, 2.45) is 0 Å². The maximum Gasteiger partial charge on any atom is 0.128 e. The Labute approximate surface area is 102 Å². The normalized spacial score (nSPS) is 12.3. The molecule has 0 aromatic heterocycles. The molecule has 0 fully saturated rings. The van der Waals surface area contributed by atoms with Crippen LogP contribution in [0.2, 0.25) is 0 Å². The Hall–Kier alpha value is -1.26. The number of methoxy groups -OCH3 is 3. The first kappa shape index (κ1) is 13.8. The number of hydrogen-bond donors (Lipinski definition) is 1. The molecule has 0 aliphatic rings. The summed E-state index contributed by atoms with van der Waals surface area (Å²) < 4.78 is 15.7. The zero-order valence-corrected chi connectivity index (χ0v) is 10.8. The minimum atomic E-state index is 0.0199. The van der Waals surface area contributed by atoms with E-state index in [1.165, 1.54) is 0 Å². The summed E-state index contributed by atoms with van der Waals surface area (Å²) >= 11 is 0. The van der Waals surface area contributed by atoms with E-state index in [9.17, 15) is 5.11 Å². The SMILES string of the molecule is COCc1cc(C(C)CO)c(OC)cc1OC. The van der Waals surface area contributed by atoms with Crippen molar-refractivity contribution in [3.05, 3.63) is 23.3 Å². The molecule has 1 N–H and O–H groups in total. The van der Waals surface area contributed by atoms with E-state index in [0.717, 1.165) is 22.6 Å². The summed E-state index contributed by atoms with van der Waals surface area (Å²) in [5, 5.41) is 9.24. The number of aliphatic hydroxyl groups is 1. The van der Waals surface area contributed by atoms with E-state index in [1.54, 1.807) is 21.3 Å². The van der Waals surface area contributed by atoms with Gasteiger partial charge in [0.25, 0.3) is 0 Å². The van der Waals surface area contributed by atoms with Crippen molar-refractivity contribution in [3.63, 3.8) is 0 Å². The van der Waals surface area contributed by atoms with Gasteiger partial charge in [-0.3, -0.25) is 0 Å². The topological polar surface area (TPSA) is 47.9 Å². The van der Waals surface area contributed by atoms with Gasteiger partial charge in [0.05, 0.1) is 20.8 Å². The molecule has 1 rings (SSSR count). The maximum atomic E-state index is 9.24. The molecular formula is C13H20O4. The van der Waals surface area contributed by atoms with Crippen molar-refractivity contribution in [3.8, 4) is 11.5 Å². The quantitative estimate of drug-likeness (QED) is 0.825. The Morgan fingerprint density at radius 3 is 2.24 bits per heavy atom. The lowest BCUT2D eigenvalue weighted by Crippen LogP contribution is -2.05. The van der Waals surface area contributed by atoms with Crippen molar-refractivity contribution < 1.29 is 19.3 Å². The molecule has 1 unspecified atom stereocenters. The fraction of sp³-hybridized carbons (Fsp3) is 0.538. The molecule has 0 spiro atoms. The van der Waals surface area contributed by atoms with Crippen LogP contribution in [0, 0.1) is 0 Å². The second-order valence-corrected chi connectivity index (χ2v) is 3.92. The van der Waals surface area contributed by atoms with Crippen LogP contribution >= 0.6 is 0 Å². The van der Waals surface area contributed by atoms with E-state index in [4.69, 9.17) is 14.2 Å². The highest BCUT2D eigenvalue weighted by Gasteiger charge is 2.15. The molecule has 4 nitrogen and oxygen atoms in total. The zero-order chi connectivity index (χ0) is 12.8. The van der Waals surface area contributed by atoms with Crippen molar-refractivity contribution in [1.82, 2.24) is 0 Å². The summed E-state index contributed by atoms with van der Waals surface area (Å²) in [6, 6.07) is 3.79. The third kappa shape index (κ3) is 3.11. The summed E-state index contributed by atoms with van der Waals surface area (Å²) in [6.45, 7) is 2.49. The molecule has 1 atom stereocenters. The Morgan fingerprint density at radius 1 is 1.12 bits per heavy atom. The number of rotatable bonds is 6. The summed E-state index contributed by atoms with van der Waals surface area (Å²) in [4.78, 5) is 0. The van der Waals surface area contributed by atoms with Crippen LogP contribution < -0.4 is 9.47 Å². The van der Waals surface area contributed by atoms with E-state index in [0.29, 0.717) is 6.61 Å². The average Bonchev–Trinajstić information content (AvgIpc) is 2.37. The van der Waals surface area contributed by atoms with Gasteiger partial charge in [-0.2, -0.15) is 0 Å². The predicted molar refractivity (Wildman–Crippen MR) is 65.8 cm³/mol. The smallest absolute Gasteiger partial charge is 0.128 e. The summed E-state index contributed by atoms with van der Waals surface area (Å²) in [5.41, 5.74) is 1.91. The molecule has 17 heavy (non-hydrogen) atoms. The number of aliphatic hydroxyl groups excluding tert-OH is 1. The van der Waals surface area contributed by atoms with Gasteiger partial charge in [0, 0.05) is 31.3 Å². The molecule has 4 heteroatoms. The molecule has 0 aliphatic heterocycles. The Bertz CT molecular complexity index is 363. The average molecular weight is 240 g/mol. The first-order valence-corrected chi connectivity index (χ1v) is 5.52. The number of ether oxygens (including phenoxy) is 3. The predicted octanol–water partition coefficient (Wildman–Crippen LogP) is 1.95. The monoisotopic (exact) mass is 240 g/mol. The molecule has 0 radical (unpaired) electrons. The number of benzene rings is 1. The molecule has 0 heterocycles. The highest BCUT2D eigenvalue weighted by Crippen LogP contribution is 2.33. The van der Waals surface area contributed by atoms with Gasteiger partial charge >= 0.3 is 0 Å². The Balaban J connectivity index is 3.23. The van der Waals surface area contributed by atoms with Gasteiger partial charge < -0.3 is 19.3 Å². The lowest BCUT2D eigenvalue weighted by atomic mass is 9.98. The van der Waals surface area contributed by atoms with Gasteiger partial charge in [-0.15, -0.1) is 0 Å². The second-order valence-electron chi connectivity index (χ2n) is 3.92. The molecule has 1 aromatic carbocycles. The number of hydrogen-bond acceptors (Lipinski definition) is 4. The van der Waals surface area contributed by atoms with E-state index in [1.807, 2.05) is 19.1 Å². The van der Waals surface area contributed by atoms with E-state index in [-0.39, 0.29) is 12.5 Å². The van der Waals surface area contributed by atoms with Crippen molar-refractivity contribution in [2.75, 3.05) is 27.9 Å². The van der Waals surface area contributed by atoms with Gasteiger partial charge in [0.2, 0.25) is 0 Å². The minimum absolute atomic E-state index is 0.0199. The van der Waals surface area contributed by atoms with Crippen LogP contribution in [0.4, 0.5) is 0 Å². The van der Waals surface area contributed by atoms with Gasteiger partial charge in [0.1, 0.15) is 11.5 Å². The van der Waals surface area contributed by atoms with Gasteiger partial charge in [-0.1, -0.05) is 6.92 Å². The molecule has 96 valence electrons. The van der Waals surface area contributed by atoms with Gasteiger partial charge in [0.15, 0.2) is 0 Å². The van der Waals surface area contributed by atoms with Crippen LogP contribution in [0.15, 0.2) is 12.1 Å². The Morgan fingerprint density at radius 2 is 1.76 bits per heavy atom. The Kier molecular flexibility index (Phi) is 5.25. The minimum Gasteiger partial charge on any atom is -0.496 e. The van der Waals surface area contributed by atoms with Crippen LogP contribution in [-0.2, 0) is 11.3 Å². The fourth-order valence-electron chi connectivity index (χ4n) is 1.74. The lowest BCUT2D eigenvalue weighted by Gasteiger charge is -2.17. The van der Waals surface area contributed by atoms with Gasteiger partial charge in [-0.05, 0) is 11.6 Å². The molecule has 0 bridgehead atoms. The standard InChI is InChI=1S/C13H20O4/c1-9(7-14)11-5-10(8-15-2)12(16-3)6-13(11)17-4/h5-6,9,14H,7-8H2,1-4H3. The maximum absolute atomic E-state index is 9.24. The van der Waals surface area contributed by atoms with E-state index in [2.05, 4.69) is 0 Å². The molecule has 0 saturated heterocycles. The second kappa shape index (κ2) is 6.47. The zero-order valence-electron chi connectivity index (χ0n) is 10.8. The summed E-state index contributed by atoms with van der Waals surface area (Å²) in [5.74, 6) is 1.48. The van der Waals surface area contributed by atoms with Gasteiger partial charge in [-0.25, -0.2) is 0 Å². The van der Waals surface area contributed by atoms with Crippen molar-refractivity contribution in [1.29, 1.82) is 0 Å². The first-order chi connectivity index (χ1) is 8.17. The van der Waals surface area contributed by atoms with Crippen LogP contribution in [0.3, 0.4) is 0 Å². The molecule has 0 amide bonds. The summed E-state index contributed by atoms with van der Waals surface area (Å²) in [6.07, 6.45) is 0. The van der Waals surface area contributed by atoms with Crippen LogP contribution in [0.1, 0.15) is 24.0 Å². The molecule has 0 aliphatic carbocycles. The largest absolute Gasteiger partial charge is 0.496 e. The molecular weight excluding hydrogens is 220 g/mol. The third-order valence-corrected chi connectivity index (χ3v) is 2.74. The molecule has 1 aromatic rings. The highest BCUT2D eigenvalue weighted by atomic mass is 16.5. The third-order valence-electron chi connectivity index (χ3n) is 2.74. The van der Waals surface area contributed by atoms with Crippen molar-refractivity contribution in [2.45, 2.75) is 19.4 Å². The summed E-state index contributed by atoms with van der Waals surface area (Å²) in [7, 11) is 4.86. The van der Waals surface area contributed by atoms with Crippen LogP contribution in [-0.4, -0.2) is 33.0 Å². The first-order valence-electron chi connectivity index (χ1n) is 5.52. The van der Waals surface area contributed by atoms with Crippen LogP contribution in [0.5, 0.6) is 11.5 Å². The van der Waals surface area contributed by atoms with Crippen molar-refractivity contribution >= 4 is 0 Å². The fourth-order valence-corrected chi connectivity index (χ4v) is 1.74. The molecule has 0 saturated carbocycles. The van der Waals surface area contributed by atoms with Crippen LogP contribution in [0.25, 0.3) is 0 Å². The van der Waals surface area contributed by atoms with E-state index < -0.39 is 0 Å². The highest BCUT2D eigenvalue weighted by molar-refractivity contribution is 5.48.